The molecular weight excluding hydrogens is 236 g/mol. The molecule has 4 nitrogen and oxygen atoms in total. The molecule has 2 rings (SSSR count). The lowest BCUT2D eigenvalue weighted by atomic mass is 9.82. The lowest BCUT2D eigenvalue weighted by molar-refractivity contribution is 0.0999. The third-order valence-corrected chi connectivity index (χ3v) is 4.76. The number of hydrogen-bond acceptors (Lipinski definition) is 4. The number of nitrogens with zero attached hydrogens (tertiary/aromatic N) is 2. The lowest BCUT2D eigenvalue weighted by Gasteiger charge is -2.43. The SMILES string of the molecule is CCC(C)(C(N)c1c(C)ccnc1N)N1CCCC1. The molecule has 2 heterocycles. The van der Waals surface area contributed by atoms with Gasteiger partial charge in [0.15, 0.2) is 0 Å². The van der Waals surface area contributed by atoms with Crippen LogP contribution in [0.15, 0.2) is 12.3 Å². The molecule has 1 aliphatic rings. The van der Waals surface area contributed by atoms with E-state index in [0.717, 1.165) is 30.6 Å². The van der Waals surface area contributed by atoms with Gasteiger partial charge in [0.1, 0.15) is 5.82 Å². The molecule has 0 aromatic carbocycles. The van der Waals surface area contributed by atoms with Crippen molar-refractivity contribution in [3.05, 3.63) is 23.4 Å². The van der Waals surface area contributed by atoms with Gasteiger partial charge >= 0.3 is 0 Å². The van der Waals surface area contributed by atoms with E-state index in [2.05, 4.69) is 30.7 Å². The van der Waals surface area contributed by atoms with Crippen molar-refractivity contribution in [2.75, 3.05) is 18.8 Å². The Bertz CT molecular complexity index is 420. The monoisotopic (exact) mass is 262 g/mol. The van der Waals surface area contributed by atoms with Gasteiger partial charge in [-0.05, 0) is 57.8 Å². The van der Waals surface area contributed by atoms with Crippen molar-refractivity contribution >= 4 is 5.82 Å². The molecule has 0 bridgehead atoms. The van der Waals surface area contributed by atoms with Crippen molar-refractivity contribution in [3.8, 4) is 0 Å². The quantitative estimate of drug-likeness (QED) is 0.873. The summed E-state index contributed by atoms with van der Waals surface area (Å²) in [4.78, 5) is 6.73. The third-order valence-electron chi connectivity index (χ3n) is 4.76. The Morgan fingerprint density at radius 2 is 2.05 bits per heavy atom. The standard InChI is InChI=1S/C15H26N4/c1-4-15(3,19-9-5-6-10-19)13(16)12-11(2)7-8-18-14(12)17/h7-8,13H,4-6,9-10,16H2,1-3H3,(H2,17,18). The van der Waals surface area contributed by atoms with Crippen molar-refractivity contribution < 1.29 is 0 Å². The Hall–Kier alpha value is -1.13. The molecule has 0 amide bonds. The van der Waals surface area contributed by atoms with Gasteiger partial charge in [0, 0.05) is 17.3 Å². The van der Waals surface area contributed by atoms with E-state index in [9.17, 15) is 0 Å². The van der Waals surface area contributed by atoms with E-state index in [1.165, 1.54) is 12.8 Å². The smallest absolute Gasteiger partial charge is 0.128 e. The van der Waals surface area contributed by atoms with Gasteiger partial charge in [0.05, 0.1) is 6.04 Å². The zero-order valence-electron chi connectivity index (χ0n) is 12.3. The minimum atomic E-state index is -0.0932. The number of likely N-dealkylation sites (tertiary alicyclic amines) is 1. The first-order valence-corrected chi connectivity index (χ1v) is 7.22. The molecule has 0 saturated carbocycles. The largest absolute Gasteiger partial charge is 0.383 e. The summed E-state index contributed by atoms with van der Waals surface area (Å²) in [6.45, 7) is 8.80. The highest BCUT2D eigenvalue weighted by Crippen LogP contribution is 2.37. The first kappa shape index (κ1) is 14.3. The fourth-order valence-corrected chi connectivity index (χ4v) is 3.17. The van der Waals surface area contributed by atoms with Gasteiger partial charge in [-0.25, -0.2) is 4.98 Å². The van der Waals surface area contributed by atoms with Gasteiger partial charge in [-0.1, -0.05) is 6.92 Å². The summed E-state index contributed by atoms with van der Waals surface area (Å²) in [5, 5.41) is 0. The number of nitrogen functional groups attached to an aromatic ring is 1. The number of pyridine rings is 1. The second-order valence-electron chi connectivity index (χ2n) is 5.81. The predicted octanol–water partition coefficient (Wildman–Crippen LogP) is 2.24. The third kappa shape index (κ3) is 2.47. The van der Waals surface area contributed by atoms with Crippen LogP contribution in [0.5, 0.6) is 0 Å². The van der Waals surface area contributed by atoms with E-state index >= 15 is 0 Å². The summed E-state index contributed by atoms with van der Waals surface area (Å²) in [5.41, 5.74) is 14.8. The molecule has 1 aromatic heterocycles. The van der Waals surface area contributed by atoms with E-state index in [-0.39, 0.29) is 11.6 Å². The first-order chi connectivity index (χ1) is 9.00. The maximum Gasteiger partial charge on any atom is 0.128 e. The highest BCUT2D eigenvalue weighted by atomic mass is 15.2. The summed E-state index contributed by atoms with van der Waals surface area (Å²) >= 11 is 0. The number of anilines is 1. The first-order valence-electron chi connectivity index (χ1n) is 7.22. The van der Waals surface area contributed by atoms with E-state index < -0.39 is 0 Å². The summed E-state index contributed by atoms with van der Waals surface area (Å²) < 4.78 is 0. The van der Waals surface area contributed by atoms with Crippen molar-refractivity contribution in [3.63, 3.8) is 0 Å². The topological polar surface area (TPSA) is 68.2 Å². The molecule has 19 heavy (non-hydrogen) atoms. The van der Waals surface area contributed by atoms with Crippen molar-refractivity contribution in [1.82, 2.24) is 9.88 Å². The maximum atomic E-state index is 6.60. The van der Waals surface area contributed by atoms with Crippen LogP contribution in [0, 0.1) is 6.92 Å². The van der Waals surface area contributed by atoms with Crippen LogP contribution < -0.4 is 11.5 Å². The number of rotatable bonds is 4. The molecule has 1 fully saturated rings. The Balaban J connectivity index is 2.37. The van der Waals surface area contributed by atoms with Crippen LogP contribution in [-0.2, 0) is 0 Å². The summed E-state index contributed by atoms with van der Waals surface area (Å²) in [7, 11) is 0. The lowest BCUT2D eigenvalue weighted by Crippen LogP contribution is -2.52. The van der Waals surface area contributed by atoms with E-state index in [4.69, 9.17) is 11.5 Å². The van der Waals surface area contributed by atoms with Crippen LogP contribution in [0.1, 0.15) is 50.3 Å². The fourth-order valence-electron chi connectivity index (χ4n) is 3.17. The Kier molecular flexibility index (Phi) is 4.11. The molecule has 0 aliphatic carbocycles. The van der Waals surface area contributed by atoms with Crippen LogP contribution >= 0.6 is 0 Å². The number of nitrogens with two attached hydrogens (primary N) is 2. The highest BCUT2D eigenvalue weighted by Gasteiger charge is 2.39. The number of aryl methyl sites for hydroxylation is 1. The van der Waals surface area contributed by atoms with Gasteiger partial charge in [-0.15, -0.1) is 0 Å². The minimum Gasteiger partial charge on any atom is -0.383 e. The zero-order valence-corrected chi connectivity index (χ0v) is 12.3. The molecule has 4 N–H and O–H groups in total. The second kappa shape index (κ2) is 5.47. The van der Waals surface area contributed by atoms with Crippen molar-refractivity contribution in [2.45, 2.75) is 51.6 Å². The summed E-state index contributed by atoms with van der Waals surface area (Å²) in [6.07, 6.45) is 5.30. The average Bonchev–Trinajstić information content (AvgIpc) is 2.91. The second-order valence-corrected chi connectivity index (χ2v) is 5.81. The average molecular weight is 262 g/mol. The predicted molar refractivity (Wildman–Crippen MR) is 79.8 cm³/mol. The van der Waals surface area contributed by atoms with Gasteiger partial charge in [0.2, 0.25) is 0 Å². The Morgan fingerprint density at radius 1 is 1.42 bits per heavy atom. The van der Waals surface area contributed by atoms with E-state index in [0.29, 0.717) is 5.82 Å². The van der Waals surface area contributed by atoms with Crippen LogP contribution in [0.2, 0.25) is 0 Å². The van der Waals surface area contributed by atoms with Gasteiger partial charge in [-0.2, -0.15) is 0 Å². The molecule has 0 spiro atoms. The van der Waals surface area contributed by atoms with Gasteiger partial charge in [-0.3, -0.25) is 4.90 Å². The summed E-state index contributed by atoms with van der Waals surface area (Å²) in [5.74, 6) is 0.575. The van der Waals surface area contributed by atoms with Crippen LogP contribution in [0.3, 0.4) is 0 Å². The van der Waals surface area contributed by atoms with Crippen LogP contribution in [0.25, 0.3) is 0 Å². The highest BCUT2D eigenvalue weighted by molar-refractivity contribution is 5.47. The van der Waals surface area contributed by atoms with Crippen molar-refractivity contribution in [1.29, 1.82) is 0 Å². The molecule has 4 heteroatoms. The molecule has 1 aliphatic heterocycles. The number of hydrogen-bond donors (Lipinski definition) is 2. The molecule has 2 atom stereocenters. The maximum absolute atomic E-state index is 6.60. The van der Waals surface area contributed by atoms with E-state index in [1.807, 2.05) is 6.07 Å². The number of aromatic nitrogens is 1. The van der Waals surface area contributed by atoms with Crippen LogP contribution in [0.4, 0.5) is 5.82 Å². The zero-order chi connectivity index (χ0) is 14.0. The Labute approximate surface area is 116 Å². The van der Waals surface area contributed by atoms with Gasteiger partial charge < -0.3 is 11.5 Å². The van der Waals surface area contributed by atoms with Gasteiger partial charge in [0.25, 0.3) is 0 Å². The Morgan fingerprint density at radius 3 is 2.58 bits per heavy atom. The summed E-state index contributed by atoms with van der Waals surface area (Å²) in [6, 6.07) is 1.90. The normalized spacial score (nSPS) is 21.3. The molecule has 1 saturated heterocycles. The van der Waals surface area contributed by atoms with E-state index in [1.54, 1.807) is 6.20 Å². The molecule has 2 unspecified atom stereocenters. The fraction of sp³-hybridized carbons (Fsp3) is 0.667. The van der Waals surface area contributed by atoms with Crippen LogP contribution in [-0.4, -0.2) is 28.5 Å². The molecular formula is C15H26N4. The van der Waals surface area contributed by atoms with Crippen molar-refractivity contribution in [2.24, 2.45) is 5.73 Å². The molecule has 0 radical (unpaired) electrons. The minimum absolute atomic E-state index is 0.0432. The molecule has 1 aromatic rings. The molecule has 106 valence electrons.